The lowest BCUT2D eigenvalue weighted by atomic mass is 10.1. The number of hydrogen-bond acceptors (Lipinski definition) is 4. The van der Waals surface area contributed by atoms with Crippen molar-refractivity contribution in [2.24, 2.45) is 0 Å². The van der Waals surface area contributed by atoms with Gasteiger partial charge in [0.15, 0.2) is 0 Å². The fourth-order valence-corrected chi connectivity index (χ4v) is 4.90. The van der Waals surface area contributed by atoms with Crippen molar-refractivity contribution < 1.29 is 18.8 Å². The summed E-state index contributed by atoms with van der Waals surface area (Å²) in [5, 5.41) is 8.26. The number of amides is 3. The maximum atomic E-state index is 13.4. The van der Waals surface area contributed by atoms with Crippen molar-refractivity contribution in [1.29, 1.82) is 0 Å². The summed E-state index contributed by atoms with van der Waals surface area (Å²) < 4.78 is 13.1. The maximum absolute atomic E-state index is 13.4. The van der Waals surface area contributed by atoms with Gasteiger partial charge in [0, 0.05) is 21.8 Å². The average molecular weight is 609 g/mol. The minimum absolute atomic E-state index is 0.0480. The Kier molecular flexibility index (Phi) is 10.2. The molecule has 0 radical (unpaired) electrons. The Morgan fingerprint density at radius 1 is 0.829 bits per heavy atom. The minimum atomic E-state index is -0.588. The van der Waals surface area contributed by atoms with Crippen molar-refractivity contribution in [3.05, 3.63) is 130 Å². The third kappa shape index (κ3) is 8.44. The molecule has 1 atom stereocenters. The predicted molar refractivity (Wildman–Crippen MR) is 164 cm³/mol. The highest BCUT2D eigenvalue weighted by Gasteiger charge is 2.18. The second-order valence-electron chi connectivity index (χ2n) is 8.76. The highest BCUT2D eigenvalue weighted by atomic mass is 35.5. The van der Waals surface area contributed by atoms with E-state index < -0.39 is 22.9 Å². The standard InChI is InChI=1S/C31H24Cl2FN3O3S/c1-19(29(38)35-23-15-13-22(34)14-16-23)41-25-11-6-10-24(18-25)36-31(40)27(17-21-9-5-12-26(32)28(21)33)37-30(39)20-7-3-2-4-8-20/h2-19H,1H3,(H,35,38)(H,36,40)(H,37,39)/b27-17+. The molecule has 3 amide bonds. The molecule has 10 heteroatoms. The molecule has 0 saturated heterocycles. The minimum Gasteiger partial charge on any atom is -0.325 e. The lowest BCUT2D eigenvalue weighted by Gasteiger charge is -2.14. The van der Waals surface area contributed by atoms with Gasteiger partial charge in [-0.05, 0) is 79.2 Å². The Balaban J connectivity index is 1.50. The summed E-state index contributed by atoms with van der Waals surface area (Å²) in [4.78, 5) is 39.6. The van der Waals surface area contributed by atoms with Gasteiger partial charge in [-0.25, -0.2) is 4.39 Å². The number of thioether (sulfide) groups is 1. The van der Waals surface area contributed by atoms with Gasteiger partial charge >= 0.3 is 0 Å². The number of hydrogen-bond donors (Lipinski definition) is 3. The van der Waals surface area contributed by atoms with Crippen molar-refractivity contribution in [2.75, 3.05) is 10.6 Å². The van der Waals surface area contributed by atoms with Crippen molar-refractivity contribution in [1.82, 2.24) is 5.32 Å². The summed E-state index contributed by atoms with van der Waals surface area (Å²) in [6, 6.07) is 25.9. The molecule has 0 spiro atoms. The van der Waals surface area contributed by atoms with Gasteiger partial charge in [-0.1, -0.05) is 59.6 Å². The molecule has 0 aromatic heterocycles. The van der Waals surface area contributed by atoms with E-state index in [0.29, 0.717) is 27.5 Å². The average Bonchev–Trinajstić information content (AvgIpc) is 2.96. The zero-order valence-electron chi connectivity index (χ0n) is 21.7. The van der Waals surface area contributed by atoms with E-state index in [0.717, 1.165) is 4.90 Å². The normalized spacial score (nSPS) is 11.9. The van der Waals surface area contributed by atoms with E-state index in [1.54, 1.807) is 73.7 Å². The van der Waals surface area contributed by atoms with Gasteiger partial charge in [-0.2, -0.15) is 0 Å². The second-order valence-corrected chi connectivity index (χ2v) is 11.0. The van der Waals surface area contributed by atoms with Crippen molar-refractivity contribution >= 4 is 70.1 Å². The number of carbonyl (C=O) groups excluding carboxylic acids is 3. The topological polar surface area (TPSA) is 87.3 Å². The van der Waals surface area contributed by atoms with Crippen LogP contribution in [0.5, 0.6) is 0 Å². The van der Waals surface area contributed by atoms with Crippen LogP contribution in [0.4, 0.5) is 15.8 Å². The van der Waals surface area contributed by atoms with Gasteiger partial charge in [0.05, 0.1) is 15.3 Å². The van der Waals surface area contributed by atoms with E-state index in [1.807, 2.05) is 6.07 Å². The van der Waals surface area contributed by atoms with E-state index >= 15 is 0 Å². The fourth-order valence-electron chi connectivity index (χ4n) is 3.61. The van der Waals surface area contributed by atoms with Crippen LogP contribution in [0.25, 0.3) is 6.08 Å². The second kappa shape index (κ2) is 14.0. The Morgan fingerprint density at radius 3 is 2.27 bits per heavy atom. The summed E-state index contributed by atoms with van der Waals surface area (Å²) in [7, 11) is 0. The van der Waals surface area contributed by atoms with Gasteiger partial charge in [0.1, 0.15) is 11.5 Å². The van der Waals surface area contributed by atoms with Crippen molar-refractivity contribution in [3.8, 4) is 0 Å². The summed E-state index contributed by atoms with van der Waals surface area (Å²) in [5.41, 5.74) is 1.70. The van der Waals surface area contributed by atoms with Gasteiger partial charge in [-0.15, -0.1) is 11.8 Å². The Labute approximate surface area is 250 Å². The van der Waals surface area contributed by atoms with Crippen molar-refractivity contribution in [2.45, 2.75) is 17.1 Å². The molecule has 4 aromatic carbocycles. The smallest absolute Gasteiger partial charge is 0.272 e. The molecule has 0 bridgehead atoms. The summed E-state index contributed by atoms with van der Waals surface area (Å²) in [6.45, 7) is 1.74. The van der Waals surface area contributed by atoms with Crippen LogP contribution >= 0.6 is 35.0 Å². The number of anilines is 2. The van der Waals surface area contributed by atoms with Gasteiger partial charge in [0.2, 0.25) is 5.91 Å². The first-order chi connectivity index (χ1) is 19.7. The SMILES string of the molecule is CC(Sc1cccc(NC(=O)/C(=C\c2cccc(Cl)c2Cl)NC(=O)c2ccccc2)c1)C(=O)Nc1ccc(F)cc1. The predicted octanol–water partition coefficient (Wildman–Crippen LogP) is 7.66. The van der Waals surface area contributed by atoms with Crippen LogP contribution in [0.1, 0.15) is 22.8 Å². The first-order valence-corrected chi connectivity index (χ1v) is 14.0. The van der Waals surface area contributed by atoms with Crippen LogP contribution < -0.4 is 16.0 Å². The Morgan fingerprint density at radius 2 is 1.54 bits per heavy atom. The molecule has 3 N–H and O–H groups in total. The summed E-state index contributed by atoms with van der Waals surface area (Å²) >= 11 is 13.8. The van der Waals surface area contributed by atoms with Gasteiger partial charge in [0.25, 0.3) is 11.8 Å². The molecule has 208 valence electrons. The van der Waals surface area contributed by atoms with Gasteiger partial charge in [-0.3, -0.25) is 14.4 Å². The number of carbonyl (C=O) groups is 3. The molecule has 4 rings (SSSR count). The Bertz CT molecular complexity index is 1600. The number of rotatable bonds is 9. The zero-order valence-corrected chi connectivity index (χ0v) is 24.0. The molecule has 41 heavy (non-hydrogen) atoms. The highest BCUT2D eigenvalue weighted by molar-refractivity contribution is 8.00. The third-order valence-corrected chi connectivity index (χ3v) is 7.62. The lowest BCUT2D eigenvalue weighted by Crippen LogP contribution is -2.30. The molecule has 4 aromatic rings. The molecule has 0 saturated carbocycles. The van der Waals surface area contributed by atoms with Crippen LogP contribution in [0.3, 0.4) is 0 Å². The number of halogens is 3. The quantitative estimate of drug-likeness (QED) is 0.135. The Hall–Kier alpha value is -4.11. The van der Waals surface area contributed by atoms with Crippen LogP contribution in [-0.4, -0.2) is 23.0 Å². The monoisotopic (exact) mass is 607 g/mol. The molecule has 0 heterocycles. The molecule has 0 aliphatic rings. The molecule has 0 fully saturated rings. The number of nitrogens with one attached hydrogen (secondary N) is 3. The van der Waals surface area contributed by atoms with Crippen LogP contribution in [0.15, 0.2) is 108 Å². The largest absolute Gasteiger partial charge is 0.325 e. The van der Waals surface area contributed by atoms with E-state index in [1.165, 1.54) is 42.1 Å². The van der Waals surface area contributed by atoms with E-state index in [9.17, 15) is 18.8 Å². The first-order valence-electron chi connectivity index (χ1n) is 12.4. The molecule has 1 unspecified atom stereocenters. The fraction of sp³-hybridized carbons (Fsp3) is 0.0645. The molecular formula is C31H24Cl2FN3O3S. The molecule has 0 aliphatic carbocycles. The van der Waals surface area contributed by atoms with Crippen LogP contribution in [-0.2, 0) is 9.59 Å². The van der Waals surface area contributed by atoms with E-state index in [-0.39, 0.29) is 16.6 Å². The lowest BCUT2D eigenvalue weighted by molar-refractivity contribution is -0.115. The summed E-state index contributed by atoms with van der Waals surface area (Å²) in [5.74, 6) is -1.72. The number of benzene rings is 4. The maximum Gasteiger partial charge on any atom is 0.272 e. The highest BCUT2D eigenvalue weighted by Crippen LogP contribution is 2.29. The van der Waals surface area contributed by atoms with Crippen molar-refractivity contribution in [3.63, 3.8) is 0 Å². The van der Waals surface area contributed by atoms with E-state index in [4.69, 9.17) is 23.2 Å². The van der Waals surface area contributed by atoms with Crippen LogP contribution in [0, 0.1) is 5.82 Å². The zero-order chi connectivity index (χ0) is 29.4. The summed E-state index contributed by atoms with van der Waals surface area (Å²) in [6.07, 6.45) is 1.45. The molecular weight excluding hydrogens is 584 g/mol. The molecule has 0 aliphatic heterocycles. The van der Waals surface area contributed by atoms with E-state index in [2.05, 4.69) is 16.0 Å². The molecule has 6 nitrogen and oxygen atoms in total. The van der Waals surface area contributed by atoms with Crippen LogP contribution in [0.2, 0.25) is 10.0 Å². The third-order valence-electron chi connectivity index (χ3n) is 5.70. The van der Waals surface area contributed by atoms with Gasteiger partial charge < -0.3 is 16.0 Å². The first kappa shape index (κ1) is 29.9.